The number of nitrogens with zero attached hydrogens (tertiary/aromatic N) is 1. The van der Waals surface area contributed by atoms with Crippen LogP contribution >= 0.6 is 0 Å². The summed E-state index contributed by atoms with van der Waals surface area (Å²) in [5.74, 6) is 0. The van der Waals surface area contributed by atoms with Gasteiger partial charge in [-0.2, -0.15) is 0 Å². The second kappa shape index (κ2) is 7.36. The summed E-state index contributed by atoms with van der Waals surface area (Å²) >= 11 is 0. The molecular weight excluding hydrogens is 200 g/mol. The van der Waals surface area contributed by atoms with Gasteiger partial charge in [-0.25, -0.2) is 0 Å². The van der Waals surface area contributed by atoms with Crippen LogP contribution in [0.25, 0.3) is 0 Å². The van der Waals surface area contributed by atoms with Gasteiger partial charge in [-0.15, -0.1) is 0 Å². The molecule has 0 aromatic carbocycles. The zero-order chi connectivity index (χ0) is 11.8. The van der Waals surface area contributed by atoms with Crippen molar-refractivity contribution in [2.24, 2.45) is 0 Å². The zero-order valence-corrected chi connectivity index (χ0v) is 10.4. The van der Waals surface area contributed by atoms with Crippen LogP contribution in [0.2, 0.25) is 0 Å². The van der Waals surface area contributed by atoms with Gasteiger partial charge in [0.1, 0.15) is 0 Å². The summed E-state index contributed by atoms with van der Waals surface area (Å²) < 4.78 is 5.80. The van der Waals surface area contributed by atoms with Crippen molar-refractivity contribution in [1.82, 2.24) is 10.3 Å². The number of nitrogens with one attached hydrogen (secondary N) is 1. The zero-order valence-electron chi connectivity index (χ0n) is 10.4. The molecular formula is C13H22N2O. The average molecular weight is 222 g/mol. The molecule has 3 nitrogen and oxygen atoms in total. The topological polar surface area (TPSA) is 34.1 Å². The second-order valence-corrected chi connectivity index (χ2v) is 3.84. The van der Waals surface area contributed by atoms with Gasteiger partial charge in [0.25, 0.3) is 0 Å². The molecule has 0 saturated carbocycles. The monoisotopic (exact) mass is 222 g/mol. The van der Waals surface area contributed by atoms with Crippen molar-refractivity contribution >= 4 is 0 Å². The summed E-state index contributed by atoms with van der Waals surface area (Å²) in [6.45, 7) is 4.98. The lowest BCUT2D eigenvalue weighted by atomic mass is 10.00. The fourth-order valence-corrected chi connectivity index (χ4v) is 1.97. The molecule has 0 aliphatic carbocycles. The van der Waals surface area contributed by atoms with Gasteiger partial charge in [0, 0.05) is 19.0 Å². The second-order valence-electron chi connectivity index (χ2n) is 3.84. The highest BCUT2D eigenvalue weighted by Crippen LogP contribution is 2.21. The molecule has 1 N–H and O–H groups in total. The van der Waals surface area contributed by atoms with Gasteiger partial charge in [0.2, 0.25) is 0 Å². The summed E-state index contributed by atoms with van der Waals surface area (Å²) in [4.78, 5) is 4.16. The fourth-order valence-electron chi connectivity index (χ4n) is 1.97. The Morgan fingerprint density at radius 3 is 2.75 bits per heavy atom. The highest BCUT2D eigenvalue weighted by molar-refractivity contribution is 5.15. The molecule has 2 atom stereocenters. The minimum Gasteiger partial charge on any atom is -0.377 e. The minimum absolute atomic E-state index is 0.226. The first-order valence-corrected chi connectivity index (χ1v) is 6.02. The third kappa shape index (κ3) is 3.58. The summed E-state index contributed by atoms with van der Waals surface area (Å²) in [5.41, 5.74) is 1.19. The van der Waals surface area contributed by atoms with Crippen LogP contribution in [0.4, 0.5) is 0 Å². The largest absolute Gasteiger partial charge is 0.377 e. The van der Waals surface area contributed by atoms with Crippen LogP contribution in [-0.4, -0.2) is 24.7 Å². The van der Waals surface area contributed by atoms with Gasteiger partial charge in [-0.3, -0.25) is 4.98 Å². The Bertz CT molecular complexity index is 271. The van der Waals surface area contributed by atoms with E-state index in [-0.39, 0.29) is 12.1 Å². The van der Waals surface area contributed by atoms with E-state index in [1.807, 2.05) is 26.2 Å². The number of hydrogen-bond donors (Lipinski definition) is 1. The summed E-state index contributed by atoms with van der Waals surface area (Å²) in [6, 6.07) is 4.29. The molecule has 0 radical (unpaired) electrons. The van der Waals surface area contributed by atoms with Crippen molar-refractivity contribution in [2.45, 2.75) is 38.8 Å². The Morgan fingerprint density at radius 1 is 1.44 bits per heavy atom. The molecule has 0 aliphatic rings. The SMILES string of the molecule is CCCC(OCC)C(NC)c1cccnc1. The summed E-state index contributed by atoms with van der Waals surface area (Å²) in [5, 5.41) is 3.32. The van der Waals surface area contributed by atoms with Crippen LogP contribution in [0, 0.1) is 0 Å². The molecule has 1 rings (SSSR count). The molecule has 0 amide bonds. The third-order valence-electron chi connectivity index (χ3n) is 2.68. The van der Waals surface area contributed by atoms with Crippen LogP contribution in [0.5, 0.6) is 0 Å². The molecule has 2 unspecified atom stereocenters. The van der Waals surface area contributed by atoms with E-state index in [4.69, 9.17) is 4.74 Å². The third-order valence-corrected chi connectivity index (χ3v) is 2.68. The van der Waals surface area contributed by atoms with E-state index in [9.17, 15) is 0 Å². The predicted octanol–water partition coefficient (Wildman–Crippen LogP) is 2.55. The van der Waals surface area contributed by atoms with E-state index in [0.717, 1.165) is 19.4 Å². The normalized spacial score (nSPS) is 14.7. The van der Waals surface area contributed by atoms with Gasteiger partial charge >= 0.3 is 0 Å². The van der Waals surface area contributed by atoms with Crippen molar-refractivity contribution in [2.75, 3.05) is 13.7 Å². The van der Waals surface area contributed by atoms with Gasteiger partial charge in [0.05, 0.1) is 12.1 Å². The van der Waals surface area contributed by atoms with Gasteiger partial charge in [0.15, 0.2) is 0 Å². The maximum absolute atomic E-state index is 5.80. The van der Waals surface area contributed by atoms with Crippen LogP contribution in [0.15, 0.2) is 24.5 Å². The molecule has 0 spiro atoms. The van der Waals surface area contributed by atoms with Crippen molar-refractivity contribution in [3.05, 3.63) is 30.1 Å². The van der Waals surface area contributed by atoms with Crippen LogP contribution in [0.3, 0.4) is 0 Å². The van der Waals surface area contributed by atoms with E-state index in [1.165, 1.54) is 5.56 Å². The summed E-state index contributed by atoms with van der Waals surface area (Å²) in [6.07, 6.45) is 6.12. The predicted molar refractivity (Wildman–Crippen MR) is 66.4 cm³/mol. The lowest BCUT2D eigenvalue weighted by Crippen LogP contribution is -2.31. The first kappa shape index (κ1) is 13.1. The molecule has 90 valence electrons. The van der Waals surface area contributed by atoms with E-state index >= 15 is 0 Å². The first-order chi connectivity index (χ1) is 7.83. The Morgan fingerprint density at radius 2 is 2.25 bits per heavy atom. The Kier molecular flexibility index (Phi) is 6.04. The Balaban J connectivity index is 2.77. The number of pyridine rings is 1. The van der Waals surface area contributed by atoms with Gasteiger partial charge < -0.3 is 10.1 Å². The number of aromatic nitrogens is 1. The maximum atomic E-state index is 5.80. The lowest BCUT2D eigenvalue weighted by Gasteiger charge is -2.26. The Labute approximate surface area is 98.2 Å². The molecule has 0 fully saturated rings. The number of rotatable bonds is 7. The average Bonchev–Trinajstić information content (AvgIpc) is 2.32. The van der Waals surface area contributed by atoms with Crippen molar-refractivity contribution in [3.63, 3.8) is 0 Å². The standard InChI is InChI=1S/C13H22N2O/c1-4-7-12(16-5-2)13(14-3)11-8-6-9-15-10-11/h6,8-10,12-14H,4-5,7H2,1-3H3. The molecule has 0 aliphatic heterocycles. The first-order valence-electron chi connectivity index (χ1n) is 6.02. The van der Waals surface area contributed by atoms with Gasteiger partial charge in [-0.1, -0.05) is 19.4 Å². The number of ether oxygens (including phenoxy) is 1. The highest BCUT2D eigenvalue weighted by Gasteiger charge is 2.21. The van der Waals surface area contributed by atoms with E-state index in [0.29, 0.717) is 0 Å². The minimum atomic E-state index is 0.226. The number of likely N-dealkylation sites (N-methyl/N-ethyl adjacent to an activating group) is 1. The molecule has 0 bridgehead atoms. The summed E-state index contributed by atoms with van der Waals surface area (Å²) in [7, 11) is 1.97. The fraction of sp³-hybridized carbons (Fsp3) is 0.615. The van der Waals surface area contributed by atoms with Crippen molar-refractivity contribution in [3.8, 4) is 0 Å². The van der Waals surface area contributed by atoms with E-state index < -0.39 is 0 Å². The number of hydrogen-bond acceptors (Lipinski definition) is 3. The Hall–Kier alpha value is -0.930. The molecule has 1 aromatic rings. The lowest BCUT2D eigenvalue weighted by molar-refractivity contribution is 0.0295. The van der Waals surface area contributed by atoms with Crippen molar-refractivity contribution in [1.29, 1.82) is 0 Å². The quantitative estimate of drug-likeness (QED) is 0.770. The van der Waals surface area contributed by atoms with Crippen LogP contribution < -0.4 is 5.32 Å². The molecule has 1 aromatic heterocycles. The maximum Gasteiger partial charge on any atom is 0.0769 e. The van der Waals surface area contributed by atoms with E-state index in [1.54, 1.807) is 6.20 Å². The molecule has 3 heteroatoms. The molecule has 16 heavy (non-hydrogen) atoms. The van der Waals surface area contributed by atoms with Gasteiger partial charge in [-0.05, 0) is 32.0 Å². The molecule has 0 saturated heterocycles. The smallest absolute Gasteiger partial charge is 0.0769 e. The van der Waals surface area contributed by atoms with Crippen LogP contribution in [0.1, 0.15) is 38.3 Å². The highest BCUT2D eigenvalue weighted by atomic mass is 16.5. The molecule has 1 heterocycles. The van der Waals surface area contributed by atoms with Crippen molar-refractivity contribution < 1.29 is 4.74 Å². The van der Waals surface area contributed by atoms with Crippen LogP contribution in [-0.2, 0) is 4.74 Å². The van der Waals surface area contributed by atoms with E-state index in [2.05, 4.69) is 23.3 Å².